The highest BCUT2D eigenvalue weighted by molar-refractivity contribution is 5.94. The third kappa shape index (κ3) is 2.66. The van der Waals surface area contributed by atoms with E-state index in [-0.39, 0.29) is 5.78 Å². The second-order valence-corrected chi connectivity index (χ2v) is 7.04. The molecule has 2 aliphatic heterocycles. The van der Waals surface area contributed by atoms with Gasteiger partial charge < -0.3 is 10.2 Å². The summed E-state index contributed by atoms with van der Waals surface area (Å²) in [7, 11) is 0. The first-order chi connectivity index (χ1) is 10.7. The summed E-state index contributed by atoms with van der Waals surface area (Å²) < 4.78 is 0. The minimum atomic E-state index is 0.140. The Morgan fingerprint density at radius 3 is 2.32 bits per heavy atom. The summed E-state index contributed by atoms with van der Waals surface area (Å²) in [5, 5.41) is 3.48. The molecule has 1 unspecified atom stereocenters. The van der Waals surface area contributed by atoms with Crippen molar-refractivity contribution in [3.63, 3.8) is 0 Å². The molecule has 4 heteroatoms. The molecule has 0 aromatic heterocycles. The van der Waals surface area contributed by atoms with Crippen LogP contribution in [0.2, 0.25) is 0 Å². The first-order valence-electron chi connectivity index (χ1n) is 8.51. The topological polar surface area (TPSA) is 35.6 Å². The van der Waals surface area contributed by atoms with Crippen molar-refractivity contribution < 1.29 is 4.79 Å². The van der Waals surface area contributed by atoms with Gasteiger partial charge in [-0.1, -0.05) is 0 Å². The molecular formula is C18H25N3O. The van der Waals surface area contributed by atoms with Crippen LogP contribution in [0.4, 0.5) is 5.69 Å². The molecule has 4 nitrogen and oxygen atoms in total. The number of carbonyl (C=O) groups excluding carboxylic acids is 1. The van der Waals surface area contributed by atoms with Gasteiger partial charge in [-0.3, -0.25) is 9.69 Å². The quantitative estimate of drug-likeness (QED) is 0.854. The lowest BCUT2D eigenvalue weighted by atomic mass is 10.1. The van der Waals surface area contributed by atoms with Gasteiger partial charge in [-0.05, 0) is 62.0 Å². The van der Waals surface area contributed by atoms with Crippen molar-refractivity contribution in [2.75, 3.05) is 50.7 Å². The largest absolute Gasteiger partial charge is 0.369 e. The van der Waals surface area contributed by atoms with Gasteiger partial charge in [0.15, 0.2) is 5.78 Å². The molecule has 2 saturated heterocycles. The van der Waals surface area contributed by atoms with E-state index in [1.54, 1.807) is 6.92 Å². The third-order valence-electron chi connectivity index (χ3n) is 5.75. The molecule has 1 N–H and O–H groups in total. The standard InChI is InChI=1S/C18H25N3O/c1-13(22)14-2-4-15(5-3-14)21-8-6-20(7-9-21)12-18-16-10-19-11-17(16)18/h2-5,16-19H,6-12H2,1H3/t16-,17+,18?. The van der Waals surface area contributed by atoms with Crippen LogP contribution in [0.5, 0.6) is 0 Å². The first kappa shape index (κ1) is 14.2. The van der Waals surface area contributed by atoms with Gasteiger partial charge in [-0.15, -0.1) is 0 Å². The normalized spacial score (nSPS) is 31.1. The number of hydrogen-bond acceptors (Lipinski definition) is 4. The fraction of sp³-hybridized carbons (Fsp3) is 0.611. The van der Waals surface area contributed by atoms with Crippen molar-refractivity contribution in [1.29, 1.82) is 0 Å². The predicted octanol–water partition coefficient (Wildman–Crippen LogP) is 1.48. The van der Waals surface area contributed by atoms with Gasteiger partial charge in [0, 0.05) is 44.0 Å². The number of piperazine rings is 1. The maximum absolute atomic E-state index is 11.3. The Morgan fingerprint density at radius 1 is 1.09 bits per heavy atom. The molecule has 1 aliphatic carbocycles. The Hall–Kier alpha value is -1.39. The average Bonchev–Trinajstić information content (AvgIpc) is 2.97. The van der Waals surface area contributed by atoms with Gasteiger partial charge in [-0.2, -0.15) is 0 Å². The van der Waals surface area contributed by atoms with Crippen LogP contribution in [0.3, 0.4) is 0 Å². The Balaban J connectivity index is 1.29. The van der Waals surface area contributed by atoms with E-state index in [0.717, 1.165) is 49.5 Å². The highest BCUT2D eigenvalue weighted by atomic mass is 16.1. The van der Waals surface area contributed by atoms with Gasteiger partial charge in [0.2, 0.25) is 0 Å². The van der Waals surface area contributed by atoms with E-state index in [0.29, 0.717) is 0 Å². The number of nitrogens with one attached hydrogen (secondary N) is 1. The van der Waals surface area contributed by atoms with Gasteiger partial charge in [-0.25, -0.2) is 0 Å². The number of hydrogen-bond donors (Lipinski definition) is 1. The number of anilines is 1. The van der Waals surface area contributed by atoms with Crippen molar-refractivity contribution in [1.82, 2.24) is 10.2 Å². The van der Waals surface area contributed by atoms with E-state index in [4.69, 9.17) is 0 Å². The predicted molar refractivity (Wildman–Crippen MR) is 88.4 cm³/mol. The van der Waals surface area contributed by atoms with Crippen LogP contribution in [0.25, 0.3) is 0 Å². The summed E-state index contributed by atoms with van der Waals surface area (Å²) in [6.45, 7) is 9.94. The monoisotopic (exact) mass is 299 g/mol. The average molecular weight is 299 g/mol. The van der Waals surface area contributed by atoms with Gasteiger partial charge in [0.25, 0.3) is 0 Å². The summed E-state index contributed by atoms with van der Waals surface area (Å²) in [6, 6.07) is 8.07. The molecule has 3 atom stereocenters. The van der Waals surface area contributed by atoms with E-state index >= 15 is 0 Å². The van der Waals surface area contributed by atoms with Crippen LogP contribution in [0, 0.1) is 17.8 Å². The van der Waals surface area contributed by atoms with Crippen molar-refractivity contribution in [3.8, 4) is 0 Å². The lowest BCUT2D eigenvalue weighted by Gasteiger charge is -2.36. The van der Waals surface area contributed by atoms with Crippen LogP contribution in [-0.2, 0) is 0 Å². The van der Waals surface area contributed by atoms with Crippen LogP contribution in [-0.4, -0.2) is 56.5 Å². The van der Waals surface area contributed by atoms with E-state index in [1.807, 2.05) is 12.1 Å². The van der Waals surface area contributed by atoms with Crippen molar-refractivity contribution in [3.05, 3.63) is 29.8 Å². The Labute approximate surface area is 132 Å². The maximum atomic E-state index is 11.3. The zero-order valence-corrected chi connectivity index (χ0v) is 13.3. The Kier molecular flexibility index (Phi) is 3.66. The number of benzene rings is 1. The zero-order valence-electron chi connectivity index (χ0n) is 13.3. The molecule has 0 amide bonds. The molecule has 1 saturated carbocycles. The van der Waals surface area contributed by atoms with Crippen molar-refractivity contribution in [2.24, 2.45) is 17.8 Å². The summed E-state index contributed by atoms with van der Waals surface area (Å²) >= 11 is 0. The summed E-state index contributed by atoms with van der Waals surface area (Å²) in [4.78, 5) is 16.4. The van der Waals surface area contributed by atoms with E-state index in [1.165, 1.54) is 25.3 Å². The highest BCUT2D eigenvalue weighted by Crippen LogP contribution is 2.48. The molecule has 4 rings (SSSR count). The molecule has 0 bridgehead atoms. The zero-order chi connectivity index (χ0) is 15.1. The fourth-order valence-corrected chi connectivity index (χ4v) is 4.21. The lowest BCUT2D eigenvalue weighted by molar-refractivity contribution is 0.101. The Morgan fingerprint density at radius 2 is 1.73 bits per heavy atom. The maximum Gasteiger partial charge on any atom is 0.159 e. The van der Waals surface area contributed by atoms with E-state index in [9.17, 15) is 4.79 Å². The minimum absolute atomic E-state index is 0.140. The molecule has 22 heavy (non-hydrogen) atoms. The minimum Gasteiger partial charge on any atom is -0.369 e. The van der Waals surface area contributed by atoms with Crippen LogP contribution in [0.1, 0.15) is 17.3 Å². The molecular weight excluding hydrogens is 274 g/mol. The molecule has 0 radical (unpaired) electrons. The molecule has 3 fully saturated rings. The number of Topliss-reactive ketones (excluding diaryl/α,β-unsaturated/α-hetero) is 1. The second-order valence-electron chi connectivity index (χ2n) is 7.04. The number of ketones is 1. The van der Waals surface area contributed by atoms with Gasteiger partial charge >= 0.3 is 0 Å². The number of carbonyl (C=O) groups is 1. The Bertz CT molecular complexity index is 538. The second kappa shape index (κ2) is 5.67. The molecule has 1 aromatic rings. The molecule has 0 spiro atoms. The summed E-state index contributed by atoms with van der Waals surface area (Å²) in [6.07, 6.45) is 0. The molecule has 2 heterocycles. The van der Waals surface area contributed by atoms with E-state index in [2.05, 4.69) is 27.2 Å². The van der Waals surface area contributed by atoms with Gasteiger partial charge in [0.1, 0.15) is 0 Å². The van der Waals surface area contributed by atoms with Crippen LogP contribution >= 0.6 is 0 Å². The molecule has 118 valence electrons. The number of fused-ring (bicyclic) bond motifs is 1. The summed E-state index contributed by atoms with van der Waals surface area (Å²) in [5.41, 5.74) is 2.05. The third-order valence-corrected chi connectivity index (χ3v) is 5.75. The van der Waals surface area contributed by atoms with E-state index < -0.39 is 0 Å². The van der Waals surface area contributed by atoms with Crippen LogP contribution in [0.15, 0.2) is 24.3 Å². The molecule has 3 aliphatic rings. The van der Waals surface area contributed by atoms with Crippen LogP contribution < -0.4 is 10.2 Å². The first-order valence-corrected chi connectivity index (χ1v) is 8.51. The highest BCUT2D eigenvalue weighted by Gasteiger charge is 2.52. The summed E-state index contributed by atoms with van der Waals surface area (Å²) in [5.74, 6) is 3.04. The lowest BCUT2D eigenvalue weighted by Crippen LogP contribution is -2.47. The van der Waals surface area contributed by atoms with Crippen molar-refractivity contribution >= 4 is 11.5 Å². The number of rotatable bonds is 4. The fourth-order valence-electron chi connectivity index (χ4n) is 4.21. The molecule has 1 aromatic carbocycles. The number of piperidine rings is 1. The van der Waals surface area contributed by atoms with Crippen molar-refractivity contribution in [2.45, 2.75) is 6.92 Å². The number of nitrogens with zero attached hydrogens (tertiary/aromatic N) is 2. The van der Waals surface area contributed by atoms with Gasteiger partial charge in [0.05, 0.1) is 0 Å². The SMILES string of the molecule is CC(=O)c1ccc(N2CCN(CC3[C@H]4CNC[C@@H]34)CC2)cc1. The smallest absolute Gasteiger partial charge is 0.159 e.